The lowest BCUT2D eigenvalue weighted by atomic mass is 9.71. The number of hydrogen-bond acceptors (Lipinski definition) is 4. The monoisotopic (exact) mass is 438 g/mol. The van der Waals surface area contributed by atoms with E-state index < -0.39 is 20.1 Å². The van der Waals surface area contributed by atoms with Crippen LogP contribution in [0.3, 0.4) is 0 Å². The summed E-state index contributed by atoms with van der Waals surface area (Å²) in [5.74, 6) is -0.634. The summed E-state index contributed by atoms with van der Waals surface area (Å²) in [7, 11) is -0.499. The van der Waals surface area contributed by atoms with Gasteiger partial charge in [0.25, 0.3) is 0 Å². The van der Waals surface area contributed by atoms with Crippen LogP contribution in [0.25, 0.3) is 0 Å². The fraction of sp³-hybridized carbons (Fsp3) is 0.550. The molecule has 0 bridgehead atoms. The molecule has 0 amide bonds. The molecule has 1 aliphatic heterocycles. The van der Waals surface area contributed by atoms with Gasteiger partial charge in [0.1, 0.15) is 0 Å². The number of benzene rings is 1. The molecule has 0 spiro atoms. The molecule has 0 N–H and O–H groups in total. The van der Waals surface area contributed by atoms with Crippen molar-refractivity contribution in [1.82, 2.24) is 0 Å². The molecule has 0 aromatic heterocycles. The molecule has 1 heterocycles. The van der Waals surface area contributed by atoms with Gasteiger partial charge in [0.05, 0.1) is 7.11 Å². The highest BCUT2D eigenvalue weighted by atomic mass is 79.9. The molecule has 1 fully saturated rings. The van der Waals surface area contributed by atoms with Crippen LogP contribution in [0.5, 0.6) is 0 Å². The summed E-state index contributed by atoms with van der Waals surface area (Å²) in [6.45, 7) is 6.50. The average Bonchev–Trinajstić information content (AvgIpc) is 2.59. The molecule has 1 saturated carbocycles. The maximum atomic E-state index is 12.3. The van der Waals surface area contributed by atoms with Crippen molar-refractivity contribution in [2.45, 2.75) is 57.0 Å². The molecule has 0 radical (unpaired) electrons. The van der Waals surface area contributed by atoms with Crippen molar-refractivity contribution in [2.75, 3.05) is 7.11 Å². The van der Waals surface area contributed by atoms with Gasteiger partial charge in [-0.05, 0) is 56.3 Å². The van der Waals surface area contributed by atoms with Crippen LogP contribution in [-0.4, -0.2) is 27.2 Å². The lowest BCUT2D eigenvalue weighted by Crippen LogP contribution is -2.55. The quantitative estimate of drug-likeness (QED) is 0.468. The fourth-order valence-electron chi connectivity index (χ4n) is 4.11. The van der Waals surface area contributed by atoms with E-state index in [4.69, 9.17) is 13.9 Å². The Balaban J connectivity index is 2.08. The van der Waals surface area contributed by atoms with Gasteiger partial charge in [-0.25, -0.2) is 4.79 Å². The van der Waals surface area contributed by atoms with E-state index in [0.29, 0.717) is 0 Å². The molecule has 26 heavy (non-hydrogen) atoms. The molecule has 2 aliphatic rings. The predicted molar refractivity (Wildman–Crippen MR) is 107 cm³/mol. The van der Waals surface area contributed by atoms with E-state index in [1.807, 2.05) is 18.2 Å². The number of rotatable bonds is 4. The smallest absolute Gasteiger partial charge is 0.373 e. The zero-order valence-electron chi connectivity index (χ0n) is 15.9. The van der Waals surface area contributed by atoms with Gasteiger partial charge in [0.2, 0.25) is 11.5 Å². The van der Waals surface area contributed by atoms with Crippen molar-refractivity contribution in [2.24, 2.45) is 5.92 Å². The van der Waals surface area contributed by atoms with E-state index in [9.17, 15) is 4.79 Å². The second kappa shape index (κ2) is 7.48. The molecule has 0 unspecified atom stereocenters. The summed E-state index contributed by atoms with van der Waals surface area (Å²) in [4.78, 5) is 12.3. The van der Waals surface area contributed by atoms with E-state index in [1.54, 1.807) is 0 Å². The minimum absolute atomic E-state index is 0.0719. The topological polar surface area (TPSA) is 44.8 Å². The molecule has 3 rings (SSSR count). The highest BCUT2D eigenvalue weighted by Crippen LogP contribution is 2.51. The Morgan fingerprint density at radius 2 is 1.92 bits per heavy atom. The summed E-state index contributed by atoms with van der Waals surface area (Å²) >= 11 is 3.50. The molecule has 4 nitrogen and oxygen atoms in total. The largest absolute Gasteiger partial charge is 0.463 e. The molecule has 6 heteroatoms. The lowest BCUT2D eigenvalue weighted by Gasteiger charge is -2.51. The zero-order chi connectivity index (χ0) is 18.9. The predicted octanol–water partition coefficient (Wildman–Crippen LogP) is 5.36. The molecular formula is C20H27BrO4Si. The van der Waals surface area contributed by atoms with Gasteiger partial charge >= 0.3 is 5.97 Å². The molecule has 0 saturated heterocycles. The van der Waals surface area contributed by atoms with Crippen LogP contribution in [0.1, 0.15) is 37.2 Å². The number of esters is 1. The Labute approximate surface area is 165 Å². The van der Waals surface area contributed by atoms with Crippen LogP contribution < -0.4 is 0 Å². The van der Waals surface area contributed by atoms with Gasteiger partial charge in [-0.15, -0.1) is 0 Å². The second-order valence-electron chi connectivity index (χ2n) is 8.08. The van der Waals surface area contributed by atoms with Crippen LogP contribution in [0.4, 0.5) is 0 Å². The first-order chi connectivity index (χ1) is 12.2. The standard InChI is InChI=1S/C20H27BrO4Si/c1-23-19(22)18-13-16(14-8-10-15(21)11-9-14)17-7-5-6-12-20(17,24-18)25-26(2,3)4/h8-11,13,16-17H,5-7,12H2,1-4H3/t16-,17-,20-/m1/s1. The third-order valence-electron chi connectivity index (χ3n) is 5.02. The molecule has 3 atom stereocenters. The van der Waals surface area contributed by atoms with E-state index in [0.717, 1.165) is 30.2 Å². The molecular weight excluding hydrogens is 412 g/mol. The van der Waals surface area contributed by atoms with Gasteiger partial charge in [-0.1, -0.05) is 34.5 Å². The Morgan fingerprint density at radius 1 is 1.23 bits per heavy atom. The maximum Gasteiger partial charge on any atom is 0.373 e. The van der Waals surface area contributed by atoms with Gasteiger partial charge in [-0.3, -0.25) is 0 Å². The van der Waals surface area contributed by atoms with E-state index in [1.165, 1.54) is 12.7 Å². The van der Waals surface area contributed by atoms with E-state index in [-0.39, 0.29) is 17.6 Å². The Bertz CT molecular complexity index is 695. The maximum absolute atomic E-state index is 12.3. The summed E-state index contributed by atoms with van der Waals surface area (Å²) in [5, 5.41) is 0. The number of allylic oxidation sites excluding steroid dienone is 1. The SMILES string of the molecule is COC(=O)C1=C[C@H](c2ccc(Br)cc2)[C@H]2CCCC[C@]2(O[Si](C)(C)C)O1. The number of ether oxygens (including phenoxy) is 2. The van der Waals surface area contributed by atoms with Gasteiger partial charge in [-0.2, -0.15) is 0 Å². The molecule has 142 valence electrons. The first-order valence-electron chi connectivity index (χ1n) is 9.19. The van der Waals surface area contributed by atoms with Crippen molar-refractivity contribution in [3.63, 3.8) is 0 Å². The lowest BCUT2D eigenvalue weighted by molar-refractivity contribution is -0.230. The van der Waals surface area contributed by atoms with E-state index in [2.05, 4.69) is 47.7 Å². The zero-order valence-corrected chi connectivity index (χ0v) is 18.5. The molecule has 1 aromatic carbocycles. The second-order valence-corrected chi connectivity index (χ2v) is 13.4. The normalized spacial score (nSPS) is 28.6. The summed E-state index contributed by atoms with van der Waals surface area (Å²) in [5.41, 5.74) is 1.17. The number of methoxy groups -OCH3 is 1. The van der Waals surface area contributed by atoms with Gasteiger partial charge in [0, 0.05) is 22.7 Å². The van der Waals surface area contributed by atoms with Crippen LogP contribution in [-0.2, 0) is 18.7 Å². The highest BCUT2D eigenvalue weighted by molar-refractivity contribution is 9.10. The Morgan fingerprint density at radius 3 is 2.54 bits per heavy atom. The molecule has 1 aromatic rings. The van der Waals surface area contributed by atoms with Crippen molar-refractivity contribution < 1.29 is 18.7 Å². The number of carbonyl (C=O) groups is 1. The van der Waals surface area contributed by atoms with Crippen LogP contribution >= 0.6 is 15.9 Å². The number of halogens is 1. The minimum atomic E-state index is -1.89. The third-order valence-corrected chi connectivity index (χ3v) is 6.51. The highest BCUT2D eigenvalue weighted by Gasteiger charge is 2.53. The van der Waals surface area contributed by atoms with Crippen molar-refractivity contribution >= 4 is 30.2 Å². The number of fused-ring (bicyclic) bond motifs is 1. The average molecular weight is 439 g/mol. The number of hydrogen-bond donors (Lipinski definition) is 0. The van der Waals surface area contributed by atoms with Crippen LogP contribution in [0.15, 0.2) is 40.6 Å². The Hall–Kier alpha value is -1.11. The van der Waals surface area contributed by atoms with Crippen LogP contribution in [0, 0.1) is 5.92 Å². The summed E-state index contributed by atoms with van der Waals surface area (Å²) < 4.78 is 18.9. The Kier molecular flexibility index (Phi) is 5.65. The van der Waals surface area contributed by atoms with Crippen molar-refractivity contribution in [3.05, 3.63) is 46.1 Å². The van der Waals surface area contributed by atoms with Crippen molar-refractivity contribution in [1.29, 1.82) is 0 Å². The summed E-state index contributed by atoms with van der Waals surface area (Å²) in [6, 6.07) is 8.30. The number of carbonyl (C=O) groups excluding carboxylic acids is 1. The summed E-state index contributed by atoms with van der Waals surface area (Å²) in [6.07, 6.45) is 5.96. The van der Waals surface area contributed by atoms with Gasteiger partial charge < -0.3 is 13.9 Å². The van der Waals surface area contributed by atoms with E-state index >= 15 is 0 Å². The third kappa shape index (κ3) is 4.07. The minimum Gasteiger partial charge on any atom is -0.463 e. The first-order valence-corrected chi connectivity index (χ1v) is 13.4. The fourth-order valence-corrected chi connectivity index (χ4v) is 5.71. The first kappa shape index (κ1) is 19.6. The van der Waals surface area contributed by atoms with Crippen molar-refractivity contribution in [3.8, 4) is 0 Å². The van der Waals surface area contributed by atoms with Gasteiger partial charge in [0.15, 0.2) is 8.32 Å². The van der Waals surface area contributed by atoms with Crippen LogP contribution in [0.2, 0.25) is 19.6 Å². The molecule has 1 aliphatic carbocycles.